The third-order valence-electron chi connectivity index (χ3n) is 6.00. The van der Waals surface area contributed by atoms with Crippen LogP contribution in [0.4, 0.5) is 0 Å². The van der Waals surface area contributed by atoms with E-state index < -0.39 is 0 Å². The van der Waals surface area contributed by atoms with Crippen LogP contribution in [0.1, 0.15) is 11.3 Å². The molecule has 0 saturated carbocycles. The smallest absolute Gasteiger partial charge is 0.0828 e. The first-order valence-electron chi connectivity index (χ1n) is 10.3. The van der Waals surface area contributed by atoms with Crippen molar-refractivity contribution >= 4 is 43.5 Å². The summed E-state index contributed by atoms with van der Waals surface area (Å²) in [7, 11) is 0. The van der Waals surface area contributed by atoms with Crippen LogP contribution in [0.3, 0.4) is 0 Å². The van der Waals surface area contributed by atoms with Crippen molar-refractivity contribution in [1.29, 1.82) is 0 Å². The number of hydrogen-bond donors (Lipinski definition) is 0. The largest absolute Gasteiger partial charge is 0.252 e. The summed E-state index contributed by atoms with van der Waals surface area (Å²) in [5.41, 5.74) is 7.73. The first-order chi connectivity index (χ1) is 14.7. The highest BCUT2D eigenvalue weighted by Crippen LogP contribution is 2.40. The molecule has 0 amide bonds. The minimum atomic E-state index is 0.997. The van der Waals surface area contributed by atoms with E-state index in [1.807, 2.05) is 0 Å². The fourth-order valence-corrected chi connectivity index (χ4v) is 4.62. The second-order valence-electron chi connectivity index (χ2n) is 7.98. The lowest BCUT2D eigenvalue weighted by molar-refractivity contribution is 1.28. The van der Waals surface area contributed by atoms with Gasteiger partial charge in [-0.1, -0.05) is 78.4 Å². The zero-order valence-electron chi connectivity index (χ0n) is 17.0. The van der Waals surface area contributed by atoms with Crippen LogP contribution in [0, 0.1) is 13.8 Å². The molecule has 0 N–H and O–H groups in total. The van der Waals surface area contributed by atoms with Crippen molar-refractivity contribution in [2.45, 2.75) is 13.8 Å². The Balaban J connectivity index is 1.95. The molecule has 6 rings (SSSR count). The van der Waals surface area contributed by atoms with Gasteiger partial charge >= 0.3 is 0 Å². The third kappa shape index (κ3) is 2.44. The van der Waals surface area contributed by atoms with Gasteiger partial charge in [0.15, 0.2) is 0 Å². The predicted octanol–water partition coefficient (Wildman–Crippen LogP) is 7.37. The number of benzene rings is 4. The normalized spacial score (nSPS) is 11.7. The van der Waals surface area contributed by atoms with E-state index in [0.717, 1.165) is 33.0 Å². The molecule has 0 spiro atoms. The van der Waals surface area contributed by atoms with E-state index in [4.69, 9.17) is 9.97 Å². The topological polar surface area (TPSA) is 25.8 Å². The van der Waals surface area contributed by atoms with Crippen LogP contribution in [0.25, 0.3) is 54.6 Å². The molecule has 0 saturated heterocycles. The summed E-state index contributed by atoms with van der Waals surface area (Å²) in [5, 5.41) is 5.82. The van der Waals surface area contributed by atoms with Crippen LogP contribution in [0.2, 0.25) is 0 Å². The Labute approximate surface area is 174 Å². The first-order valence-corrected chi connectivity index (χ1v) is 10.3. The van der Waals surface area contributed by atoms with Crippen LogP contribution in [0.5, 0.6) is 0 Å². The Kier molecular flexibility index (Phi) is 3.63. The Bertz CT molecular complexity index is 1600. The third-order valence-corrected chi connectivity index (χ3v) is 6.00. The number of nitrogens with zero attached hydrogens (tertiary/aromatic N) is 2. The highest BCUT2D eigenvalue weighted by atomic mass is 14.8. The number of rotatable bonds is 1. The number of aryl methyl sites for hydroxylation is 2. The van der Waals surface area contributed by atoms with Gasteiger partial charge in [0.25, 0.3) is 0 Å². The first kappa shape index (κ1) is 17.1. The Morgan fingerprint density at radius 3 is 2.27 bits per heavy atom. The minimum Gasteiger partial charge on any atom is -0.252 e. The highest BCUT2D eigenvalue weighted by molar-refractivity contribution is 6.21. The molecule has 142 valence electrons. The number of hydrogen-bond acceptors (Lipinski definition) is 2. The Hall–Kier alpha value is -3.78. The van der Waals surface area contributed by atoms with E-state index in [2.05, 4.69) is 98.8 Å². The molecule has 0 bridgehead atoms. The van der Waals surface area contributed by atoms with Crippen LogP contribution in [-0.2, 0) is 0 Å². The maximum absolute atomic E-state index is 5.28. The maximum atomic E-state index is 5.28. The summed E-state index contributed by atoms with van der Waals surface area (Å²) in [4.78, 5) is 10.2. The van der Waals surface area contributed by atoms with Crippen molar-refractivity contribution in [1.82, 2.24) is 9.97 Å². The molecular weight excluding hydrogens is 364 g/mol. The van der Waals surface area contributed by atoms with Crippen LogP contribution >= 0.6 is 0 Å². The molecule has 6 aromatic rings. The van der Waals surface area contributed by atoms with E-state index in [-0.39, 0.29) is 0 Å². The van der Waals surface area contributed by atoms with Gasteiger partial charge in [-0.05, 0) is 36.9 Å². The molecule has 0 unspecified atom stereocenters. The summed E-state index contributed by atoms with van der Waals surface area (Å²) >= 11 is 0. The fraction of sp³-hybridized carbons (Fsp3) is 0.0714. The van der Waals surface area contributed by atoms with Crippen molar-refractivity contribution in [3.8, 4) is 11.1 Å². The zero-order valence-corrected chi connectivity index (χ0v) is 17.0. The molecule has 2 nitrogen and oxygen atoms in total. The quantitative estimate of drug-likeness (QED) is 0.218. The molecule has 0 atom stereocenters. The fourth-order valence-electron chi connectivity index (χ4n) is 4.62. The van der Waals surface area contributed by atoms with Crippen LogP contribution in [-0.4, -0.2) is 9.97 Å². The van der Waals surface area contributed by atoms with Crippen molar-refractivity contribution in [2.24, 2.45) is 0 Å². The monoisotopic (exact) mass is 384 g/mol. The van der Waals surface area contributed by atoms with Gasteiger partial charge in [-0.25, -0.2) is 4.98 Å². The number of pyridine rings is 2. The number of aromatic nitrogens is 2. The molecule has 4 aromatic carbocycles. The average Bonchev–Trinajstić information content (AvgIpc) is 2.79. The molecule has 0 aliphatic heterocycles. The van der Waals surface area contributed by atoms with E-state index in [0.29, 0.717) is 0 Å². The maximum Gasteiger partial charge on any atom is 0.0828 e. The van der Waals surface area contributed by atoms with Gasteiger partial charge in [0, 0.05) is 32.8 Å². The summed E-state index contributed by atoms with van der Waals surface area (Å²) in [6, 6.07) is 30.0. The second-order valence-corrected chi connectivity index (χ2v) is 7.98. The highest BCUT2D eigenvalue weighted by Gasteiger charge is 2.17. The van der Waals surface area contributed by atoms with E-state index in [9.17, 15) is 0 Å². The molecule has 2 aromatic heterocycles. The van der Waals surface area contributed by atoms with Gasteiger partial charge in [-0.15, -0.1) is 0 Å². The zero-order chi connectivity index (χ0) is 20.2. The molecule has 0 aliphatic rings. The summed E-state index contributed by atoms with van der Waals surface area (Å²) in [5.74, 6) is 0. The second kappa shape index (κ2) is 6.36. The lowest BCUT2D eigenvalue weighted by atomic mass is 9.92. The van der Waals surface area contributed by atoms with Crippen molar-refractivity contribution in [3.05, 3.63) is 96.2 Å². The van der Waals surface area contributed by atoms with Crippen molar-refractivity contribution in [3.63, 3.8) is 0 Å². The summed E-state index contributed by atoms with van der Waals surface area (Å²) in [6.45, 7) is 4.22. The van der Waals surface area contributed by atoms with Gasteiger partial charge in [0.1, 0.15) is 0 Å². The van der Waals surface area contributed by atoms with Gasteiger partial charge in [-0.3, -0.25) is 4.98 Å². The van der Waals surface area contributed by atoms with Crippen LogP contribution < -0.4 is 0 Å². The van der Waals surface area contributed by atoms with Gasteiger partial charge < -0.3 is 0 Å². The lowest BCUT2D eigenvalue weighted by Gasteiger charge is -2.16. The average molecular weight is 384 g/mol. The standard InChI is InChI=1S/C28H20N2/c1-17-12-15-24-23(16-17)28-25(18(2)29-24)26(20-9-4-3-5-10-20)22-14-13-19-8-6-7-11-21(19)27(22)30-28/h3-16H,1-2H3. The van der Waals surface area contributed by atoms with Gasteiger partial charge in [0.2, 0.25) is 0 Å². The molecule has 2 heteroatoms. The molecule has 0 fully saturated rings. The van der Waals surface area contributed by atoms with E-state index in [1.165, 1.54) is 32.8 Å². The van der Waals surface area contributed by atoms with Gasteiger partial charge in [-0.2, -0.15) is 0 Å². The van der Waals surface area contributed by atoms with Crippen molar-refractivity contribution in [2.75, 3.05) is 0 Å². The van der Waals surface area contributed by atoms with E-state index in [1.54, 1.807) is 0 Å². The SMILES string of the molecule is Cc1ccc2nc(C)c3c(-c4ccccc4)c4ccc5ccccc5c4nc3c2c1. The molecule has 0 radical (unpaired) electrons. The van der Waals surface area contributed by atoms with Crippen LogP contribution in [0.15, 0.2) is 84.9 Å². The summed E-state index contributed by atoms with van der Waals surface area (Å²) < 4.78 is 0. The van der Waals surface area contributed by atoms with Gasteiger partial charge in [0.05, 0.1) is 16.6 Å². The minimum absolute atomic E-state index is 0.997. The summed E-state index contributed by atoms with van der Waals surface area (Å²) in [6.07, 6.45) is 0. The molecule has 2 heterocycles. The Morgan fingerprint density at radius 2 is 1.40 bits per heavy atom. The molecule has 30 heavy (non-hydrogen) atoms. The van der Waals surface area contributed by atoms with Crippen molar-refractivity contribution < 1.29 is 0 Å². The lowest BCUT2D eigenvalue weighted by Crippen LogP contribution is -1.96. The molecular formula is C28H20N2. The Morgan fingerprint density at radius 1 is 0.600 bits per heavy atom. The van der Waals surface area contributed by atoms with E-state index >= 15 is 0 Å². The predicted molar refractivity (Wildman–Crippen MR) is 127 cm³/mol. The number of fused-ring (bicyclic) bond motifs is 6. The molecule has 0 aliphatic carbocycles.